The molecule has 0 aliphatic carbocycles. The maximum absolute atomic E-state index is 12.2. The SMILES string of the molecule is NC(=O)c1nc(N2CCC3(CC2)COC[C@H]3N)nc(N)c1-c1cccc(Cl)c1Cl. The first-order chi connectivity index (χ1) is 13.8. The Bertz CT molecular complexity index is 962. The van der Waals surface area contributed by atoms with Crippen molar-refractivity contribution in [2.24, 2.45) is 16.9 Å². The van der Waals surface area contributed by atoms with Gasteiger partial charge in [-0.25, -0.2) is 4.98 Å². The van der Waals surface area contributed by atoms with Gasteiger partial charge in [0.1, 0.15) is 11.5 Å². The van der Waals surface area contributed by atoms with Gasteiger partial charge in [-0.1, -0.05) is 35.3 Å². The largest absolute Gasteiger partial charge is 0.383 e. The molecular weight excluding hydrogens is 415 g/mol. The van der Waals surface area contributed by atoms with Crippen LogP contribution in [-0.4, -0.2) is 48.2 Å². The van der Waals surface area contributed by atoms with Gasteiger partial charge in [0.15, 0.2) is 0 Å². The monoisotopic (exact) mass is 436 g/mol. The average molecular weight is 437 g/mol. The van der Waals surface area contributed by atoms with Crippen LogP contribution in [0.4, 0.5) is 11.8 Å². The fourth-order valence-corrected chi connectivity index (χ4v) is 4.48. The summed E-state index contributed by atoms with van der Waals surface area (Å²) in [5, 5.41) is 0.592. The number of ether oxygens (including phenoxy) is 1. The van der Waals surface area contributed by atoms with Gasteiger partial charge in [0, 0.05) is 30.1 Å². The Morgan fingerprint density at radius 1 is 1.24 bits per heavy atom. The summed E-state index contributed by atoms with van der Waals surface area (Å²) in [6, 6.07) is 5.08. The Hall–Kier alpha value is -2.13. The van der Waals surface area contributed by atoms with Gasteiger partial charge < -0.3 is 26.8 Å². The Morgan fingerprint density at radius 3 is 2.59 bits per heavy atom. The molecule has 6 N–H and O–H groups in total. The van der Waals surface area contributed by atoms with Gasteiger partial charge in [0.05, 0.1) is 28.8 Å². The molecule has 1 amide bonds. The van der Waals surface area contributed by atoms with Crippen molar-refractivity contribution >= 4 is 40.9 Å². The number of amides is 1. The standard InChI is InChI=1S/C19H22Cl2N6O2/c20-11-3-1-2-10(14(11)21)13-15(17(24)28)25-18(26-16(13)23)27-6-4-19(5-7-27)9-29-8-12(19)22/h1-3,12H,4-9,22H2,(H2,24,28)(H2,23,25,26)/t12-/m1/s1. The van der Waals surface area contributed by atoms with Crippen LogP contribution in [0.3, 0.4) is 0 Å². The van der Waals surface area contributed by atoms with E-state index in [1.807, 2.05) is 4.90 Å². The van der Waals surface area contributed by atoms with Crippen molar-refractivity contribution in [2.45, 2.75) is 18.9 Å². The van der Waals surface area contributed by atoms with E-state index in [0.717, 1.165) is 12.8 Å². The van der Waals surface area contributed by atoms with Crippen LogP contribution >= 0.6 is 23.2 Å². The van der Waals surface area contributed by atoms with E-state index in [4.69, 9.17) is 45.1 Å². The maximum Gasteiger partial charge on any atom is 0.268 e. The Balaban J connectivity index is 1.69. The second-order valence-corrected chi connectivity index (χ2v) is 8.35. The molecule has 1 atom stereocenters. The van der Waals surface area contributed by atoms with Crippen molar-refractivity contribution in [2.75, 3.05) is 36.9 Å². The second-order valence-electron chi connectivity index (χ2n) is 7.57. The number of hydrogen-bond donors (Lipinski definition) is 3. The van der Waals surface area contributed by atoms with E-state index in [1.165, 1.54) is 0 Å². The lowest BCUT2D eigenvalue weighted by atomic mass is 9.75. The highest BCUT2D eigenvalue weighted by molar-refractivity contribution is 6.44. The molecule has 4 rings (SSSR count). The molecule has 2 fully saturated rings. The third kappa shape index (κ3) is 3.50. The van der Waals surface area contributed by atoms with Crippen LogP contribution in [0.15, 0.2) is 18.2 Å². The molecule has 2 aliphatic heterocycles. The molecule has 2 aromatic rings. The van der Waals surface area contributed by atoms with E-state index in [9.17, 15) is 4.79 Å². The molecule has 0 bridgehead atoms. The average Bonchev–Trinajstić information content (AvgIpc) is 3.04. The number of carbonyl (C=O) groups excluding carboxylic acids is 1. The summed E-state index contributed by atoms with van der Waals surface area (Å²) in [4.78, 5) is 23.0. The van der Waals surface area contributed by atoms with Crippen molar-refractivity contribution in [1.82, 2.24) is 9.97 Å². The third-order valence-corrected chi connectivity index (χ3v) is 6.71. The van der Waals surface area contributed by atoms with E-state index >= 15 is 0 Å². The zero-order valence-electron chi connectivity index (χ0n) is 15.7. The van der Waals surface area contributed by atoms with Gasteiger partial charge >= 0.3 is 0 Å². The summed E-state index contributed by atoms with van der Waals surface area (Å²) < 4.78 is 5.57. The number of nitrogens with zero attached hydrogens (tertiary/aromatic N) is 3. The fraction of sp³-hybridized carbons (Fsp3) is 0.421. The molecule has 29 heavy (non-hydrogen) atoms. The summed E-state index contributed by atoms with van der Waals surface area (Å²) in [6.07, 6.45) is 1.70. The van der Waals surface area contributed by atoms with Crippen LogP contribution < -0.4 is 22.1 Å². The first-order valence-corrected chi connectivity index (χ1v) is 10.1. The normalized spacial score (nSPS) is 20.9. The number of nitrogens with two attached hydrogens (primary N) is 3. The molecule has 0 saturated carbocycles. The van der Waals surface area contributed by atoms with Crippen LogP contribution in [0.5, 0.6) is 0 Å². The summed E-state index contributed by atoms with van der Waals surface area (Å²) in [5.74, 6) is -0.235. The molecule has 8 nitrogen and oxygen atoms in total. The minimum absolute atomic E-state index is 0.0111. The molecule has 2 saturated heterocycles. The van der Waals surface area contributed by atoms with Gasteiger partial charge in [-0.2, -0.15) is 4.98 Å². The number of hydrogen-bond acceptors (Lipinski definition) is 7. The van der Waals surface area contributed by atoms with E-state index < -0.39 is 5.91 Å². The summed E-state index contributed by atoms with van der Waals surface area (Å²) in [5.41, 5.74) is 18.8. The van der Waals surface area contributed by atoms with Crippen molar-refractivity contribution in [3.8, 4) is 11.1 Å². The van der Waals surface area contributed by atoms with Gasteiger partial charge in [-0.15, -0.1) is 0 Å². The smallest absolute Gasteiger partial charge is 0.268 e. The minimum atomic E-state index is -0.717. The molecule has 1 aromatic heterocycles. The minimum Gasteiger partial charge on any atom is -0.383 e. The van der Waals surface area contributed by atoms with Gasteiger partial charge in [-0.05, 0) is 18.9 Å². The van der Waals surface area contributed by atoms with Crippen LogP contribution in [0.25, 0.3) is 11.1 Å². The highest BCUT2D eigenvalue weighted by atomic mass is 35.5. The Kier molecular flexibility index (Phi) is 5.29. The van der Waals surface area contributed by atoms with Crippen molar-refractivity contribution < 1.29 is 9.53 Å². The topological polar surface area (TPSA) is 133 Å². The first-order valence-electron chi connectivity index (χ1n) is 9.32. The number of benzene rings is 1. The quantitative estimate of drug-likeness (QED) is 0.670. The fourth-order valence-electron chi connectivity index (χ4n) is 4.09. The third-order valence-electron chi connectivity index (χ3n) is 5.90. The van der Waals surface area contributed by atoms with Crippen LogP contribution in [0.2, 0.25) is 10.0 Å². The maximum atomic E-state index is 12.2. The number of primary amides is 1. The summed E-state index contributed by atoms with van der Waals surface area (Å²) in [6.45, 7) is 2.63. The first kappa shape index (κ1) is 20.2. The molecule has 0 unspecified atom stereocenters. The number of anilines is 2. The predicted molar refractivity (Wildman–Crippen MR) is 113 cm³/mol. The lowest BCUT2D eigenvalue weighted by Gasteiger charge is -2.40. The number of carbonyl (C=O) groups is 1. The van der Waals surface area contributed by atoms with E-state index in [-0.39, 0.29) is 33.6 Å². The van der Waals surface area contributed by atoms with Crippen molar-refractivity contribution in [1.29, 1.82) is 0 Å². The molecule has 1 aromatic carbocycles. The molecule has 2 aliphatic rings. The second kappa shape index (κ2) is 7.60. The highest BCUT2D eigenvalue weighted by Crippen LogP contribution is 2.41. The molecular formula is C19H22Cl2N6O2. The molecule has 10 heteroatoms. The predicted octanol–water partition coefficient (Wildman–Crippen LogP) is 2.08. The molecule has 3 heterocycles. The van der Waals surface area contributed by atoms with Gasteiger partial charge in [0.2, 0.25) is 5.95 Å². The number of nitrogen functional groups attached to an aromatic ring is 1. The van der Waals surface area contributed by atoms with Crippen molar-refractivity contribution in [3.63, 3.8) is 0 Å². The molecule has 1 spiro atoms. The molecule has 154 valence electrons. The number of rotatable bonds is 3. The number of halogens is 2. The Morgan fingerprint density at radius 2 is 1.97 bits per heavy atom. The van der Waals surface area contributed by atoms with Crippen molar-refractivity contribution in [3.05, 3.63) is 33.9 Å². The highest BCUT2D eigenvalue weighted by Gasteiger charge is 2.44. The number of aromatic nitrogens is 2. The van der Waals surface area contributed by atoms with Crippen LogP contribution in [0, 0.1) is 5.41 Å². The van der Waals surface area contributed by atoms with Crippen LogP contribution in [0.1, 0.15) is 23.3 Å². The molecule has 0 radical (unpaired) electrons. The zero-order valence-corrected chi connectivity index (χ0v) is 17.2. The van der Waals surface area contributed by atoms with Gasteiger partial charge in [-0.3, -0.25) is 4.79 Å². The number of piperidine rings is 1. The van der Waals surface area contributed by atoms with E-state index in [2.05, 4.69) is 9.97 Å². The van der Waals surface area contributed by atoms with Crippen LogP contribution in [-0.2, 0) is 4.74 Å². The Labute approximate surface area is 178 Å². The van der Waals surface area contributed by atoms with Gasteiger partial charge in [0.25, 0.3) is 5.91 Å². The lowest BCUT2D eigenvalue weighted by Crippen LogP contribution is -2.49. The zero-order chi connectivity index (χ0) is 20.8. The van der Waals surface area contributed by atoms with E-state index in [0.29, 0.717) is 42.8 Å². The van der Waals surface area contributed by atoms with E-state index in [1.54, 1.807) is 18.2 Å². The summed E-state index contributed by atoms with van der Waals surface area (Å²) in [7, 11) is 0. The lowest BCUT2D eigenvalue weighted by molar-refractivity contribution is 0.0996. The summed E-state index contributed by atoms with van der Waals surface area (Å²) >= 11 is 12.4.